The maximum atomic E-state index is 4.45. The second kappa shape index (κ2) is 6.24. The highest BCUT2D eigenvalue weighted by atomic mass is 15.3. The maximum absolute atomic E-state index is 4.45. The van der Waals surface area contributed by atoms with E-state index in [-0.39, 0.29) is 0 Å². The van der Waals surface area contributed by atoms with Gasteiger partial charge in [0.15, 0.2) is 5.82 Å². The summed E-state index contributed by atoms with van der Waals surface area (Å²) in [5, 5.41) is 21.0. The molecule has 6 heteroatoms. The van der Waals surface area contributed by atoms with Gasteiger partial charge in [-0.3, -0.25) is 0 Å². The van der Waals surface area contributed by atoms with Crippen LogP contribution in [0.3, 0.4) is 0 Å². The molecule has 1 fully saturated rings. The minimum absolute atomic E-state index is 0.632. The van der Waals surface area contributed by atoms with Crippen molar-refractivity contribution < 1.29 is 0 Å². The fourth-order valence-electron chi connectivity index (χ4n) is 4.18. The summed E-state index contributed by atoms with van der Waals surface area (Å²) in [6.07, 6.45) is 8.24. The van der Waals surface area contributed by atoms with Crippen LogP contribution < -0.4 is 10.2 Å². The molecule has 0 amide bonds. The Morgan fingerprint density at radius 2 is 1.56 bits per heavy atom. The molecule has 0 spiro atoms. The van der Waals surface area contributed by atoms with Crippen molar-refractivity contribution in [3.05, 3.63) is 34.6 Å². The number of hydrogen-bond donors (Lipinski definition) is 1. The third-order valence-electron chi connectivity index (χ3n) is 5.73. The quantitative estimate of drug-likeness (QED) is 0.923. The predicted molar refractivity (Wildman–Crippen MR) is 96.9 cm³/mol. The number of hydrogen-bond acceptors (Lipinski definition) is 6. The van der Waals surface area contributed by atoms with Crippen molar-refractivity contribution in [1.29, 1.82) is 0 Å². The van der Waals surface area contributed by atoms with Crippen LogP contribution in [0.1, 0.15) is 41.8 Å². The molecule has 1 aliphatic heterocycles. The van der Waals surface area contributed by atoms with Crippen molar-refractivity contribution in [2.24, 2.45) is 5.92 Å². The van der Waals surface area contributed by atoms with Crippen LogP contribution in [0.5, 0.6) is 0 Å². The minimum atomic E-state index is 0.632. The number of aromatic nitrogens is 4. The Kier molecular flexibility index (Phi) is 3.76. The molecule has 0 atom stereocenters. The summed E-state index contributed by atoms with van der Waals surface area (Å²) < 4.78 is 0. The molecule has 0 aromatic carbocycles. The standard InChI is InChI=1S/C19H24N6/c1-2-6-16-15(4-1)9-19(24-22-16)25-11-13(12-25)10-20-18-8-14-5-3-7-17(14)21-23-18/h8-9,13H,1-7,10-12H2,(H,20,23). The van der Waals surface area contributed by atoms with Crippen LogP contribution in [0.25, 0.3) is 0 Å². The Morgan fingerprint density at radius 3 is 2.48 bits per heavy atom. The van der Waals surface area contributed by atoms with Crippen molar-refractivity contribution >= 4 is 11.6 Å². The van der Waals surface area contributed by atoms with E-state index in [4.69, 9.17) is 0 Å². The molecular formula is C19H24N6. The van der Waals surface area contributed by atoms with Gasteiger partial charge in [-0.25, -0.2) is 0 Å². The van der Waals surface area contributed by atoms with E-state index >= 15 is 0 Å². The first-order chi connectivity index (χ1) is 12.3. The summed E-state index contributed by atoms with van der Waals surface area (Å²) in [7, 11) is 0. The fraction of sp³-hybridized carbons (Fsp3) is 0.579. The summed E-state index contributed by atoms with van der Waals surface area (Å²) in [5.74, 6) is 2.61. The molecule has 0 radical (unpaired) electrons. The van der Waals surface area contributed by atoms with Gasteiger partial charge in [0.1, 0.15) is 5.82 Å². The van der Waals surface area contributed by atoms with Gasteiger partial charge >= 0.3 is 0 Å². The van der Waals surface area contributed by atoms with E-state index in [1.165, 1.54) is 41.8 Å². The first-order valence-corrected chi connectivity index (χ1v) is 9.55. The van der Waals surface area contributed by atoms with Gasteiger partial charge in [-0.05, 0) is 68.2 Å². The van der Waals surface area contributed by atoms with Crippen LogP contribution >= 0.6 is 0 Å². The number of rotatable bonds is 4. The van der Waals surface area contributed by atoms with E-state index < -0.39 is 0 Å². The molecule has 0 bridgehead atoms. The van der Waals surface area contributed by atoms with Gasteiger partial charge in [0.05, 0.1) is 11.4 Å². The van der Waals surface area contributed by atoms with E-state index in [1.54, 1.807) is 0 Å². The molecule has 3 heterocycles. The number of aryl methyl sites for hydroxylation is 4. The highest BCUT2D eigenvalue weighted by Gasteiger charge is 2.28. The zero-order chi connectivity index (χ0) is 16.6. The molecule has 5 rings (SSSR count). The lowest BCUT2D eigenvalue weighted by Crippen LogP contribution is -2.50. The number of nitrogens with zero attached hydrogens (tertiary/aromatic N) is 5. The molecular weight excluding hydrogens is 312 g/mol. The van der Waals surface area contributed by atoms with Crippen molar-refractivity contribution in [2.75, 3.05) is 29.9 Å². The Hall–Kier alpha value is -2.24. The number of anilines is 2. The van der Waals surface area contributed by atoms with Gasteiger partial charge in [-0.2, -0.15) is 10.2 Å². The SMILES string of the molecule is c1c(NCC2CN(c3cc4c(nn3)CCCC4)C2)nnc2c1CCC2. The van der Waals surface area contributed by atoms with E-state index in [1.807, 2.05) is 0 Å². The largest absolute Gasteiger partial charge is 0.368 e. The number of nitrogens with one attached hydrogen (secondary N) is 1. The zero-order valence-electron chi connectivity index (χ0n) is 14.5. The highest BCUT2D eigenvalue weighted by molar-refractivity contribution is 5.45. The molecule has 2 aromatic heterocycles. The summed E-state index contributed by atoms with van der Waals surface area (Å²) in [4.78, 5) is 2.34. The monoisotopic (exact) mass is 336 g/mol. The lowest BCUT2D eigenvalue weighted by Gasteiger charge is -2.40. The first-order valence-electron chi connectivity index (χ1n) is 9.55. The third-order valence-corrected chi connectivity index (χ3v) is 5.73. The van der Waals surface area contributed by atoms with Crippen LogP contribution in [-0.2, 0) is 25.7 Å². The molecule has 6 nitrogen and oxygen atoms in total. The van der Waals surface area contributed by atoms with Gasteiger partial charge in [-0.15, -0.1) is 10.2 Å². The van der Waals surface area contributed by atoms with Crippen LogP contribution in [-0.4, -0.2) is 40.0 Å². The molecule has 2 aliphatic carbocycles. The molecule has 130 valence electrons. The lowest BCUT2D eigenvalue weighted by molar-refractivity contribution is 0.424. The van der Waals surface area contributed by atoms with Gasteiger partial charge in [0, 0.05) is 25.6 Å². The minimum Gasteiger partial charge on any atom is -0.368 e. The molecule has 1 saturated heterocycles. The number of fused-ring (bicyclic) bond motifs is 2. The Balaban J connectivity index is 1.16. The molecule has 3 aliphatic rings. The molecule has 25 heavy (non-hydrogen) atoms. The first kappa shape index (κ1) is 15.0. The van der Waals surface area contributed by atoms with Gasteiger partial charge in [0.2, 0.25) is 0 Å². The average Bonchev–Trinajstić information content (AvgIpc) is 3.08. The van der Waals surface area contributed by atoms with E-state index in [9.17, 15) is 0 Å². The maximum Gasteiger partial charge on any atom is 0.151 e. The summed E-state index contributed by atoms with van der Waals surface area (Å²) in [5.41, 5.74) is 5.18. The van der Waals surface area contributed by atoms with E-state index in [0.29, 0.717) is 5.92 Å². The van der Waals surface area contributed by atoms with E-state index in [2.05, 4.69) is 42.7 Å². The smallest absolute Gasteiger partial charge is 0.151 e. The van der Waals surface area contributed by atoms with Crippen molar-refractivity contribution in [1.82, 2.24) is 20.4 Å². The molecule has 1 N–H and O–H groups in total. The Bertz CT molecular complexity index is 783. The molecule has 2 aromatic rings. The lowest BCUT2D eigenvalue weighted by atomic mass is 9.95. The van der Waals surface area contributed by atoms with Gasteiger partial charge in [0.25, 0.3) is 0 Å². The average molecular weight is 336 g/mol. The fourth-order valence-corrected chi connectivity index (χ4v) is 4.18. The Labute approximate surface area is 148 Å². The second-order valence-electron chi connectivity index (χ2n) is 7.59. The topological polar surface area (TPSA) is 66.8 Å². The van der Waals surface area contributed by atoms with Crippen LogP contribution in [0.4, 0.5) is 11.6 Å². The van der Waals surface area contributed by atoms with Crippen LogP contribution in [0.2, 0.25) is 0 Å². The summed E-state index contributed by atoms with van der Waals surface area (Å²) >= 11 is 0. The van der Waals surface area contributed by atoms with Crippen LogP contribution in [0, 0.1) is 5.92 Å². The normalized spacial score (nSPS) is 19.3. The van der Waals surface area contributed by atoms with Gasteiger partial charge < -0.3 is 10.2 Å². The molecule has 0 unspecified atom stereocenters. The van der Waals surface area contributed by atoms with E-state index in [0.717, 1.165) is 57.0 Å². The second-order valence-corrected chi connectivity index (χ2v) is 7.59. The van der Waals surface area contributed by atoms with Crippen molar-refractivity contribution in [3.63, 3.8) is 0 Å². The predicted octanol–water partition coefficient (Wildman–Crippen LogP) is 2.18. The Morgan fingerprint density at radius 1 is 0.840 bits per heavy atom. The zero-order valence-corrected chi connectivity index (χ0v) is 14.5. The van der Waals surface area contributed by atoms with Crippen LogP contribution in [0.15, 0.2) is 12.1 Å². The summed E-state index contributed by atoms with van der Waals surface area (Å²) in [6, 6.07) is 4.44. The summed E-state index contributed by atoms with van der Waals surface area (Å²) in [6.45, 7) is 3.03. The molecule has 0 saturated carbocycles. The van der Waals surface area contributed by atoms with Crippen molar-refractivity contribution in [3.8, 4) is 0 Å². The van der Waals surface area contributed by atoms with Crippen molar-refractivity contribution in [2.45, 2.75) is 44.9 Å². The highest BCUT2D eigenvalue weighted by Crippen LogP contribution is 2.27. The third kappa shape index (κ3) is 2.94. The van der Waals surface area contributed by atoms with Gasteiger partial charge in [-0.1, -0.05) is 0 Å².